The fraction of sp³-hybridized carbons (Fsp3) is 0.500. The van der Waals surface area contributed by atoms with Crippen LogP contribution in [-0.2, 0) is 0 Å². The number of allylic oxidation sites excluding steroid dienone is 1. The molecule has 2 nitrogen and oxygen atoms in total. The molecule has 0 spiro atoms. The summed E-state index contributed by atoms with van der Waals surface area (Å²) in [7, 11) is 0. The van der Waals surface area contributed by atoms with Crippen molar-refractivity contribution in [1.82, 2.24) is 0 Å². The van der Waals surface area contributed by atoms with E-state index in [0.29, 0.717) is 10.8 Å². The number of rotatable bonds is 7. The second-order valence-electron chi connectivity index (χ2n) is 3.59. The lowest BCUT2D eigenvalue weighted by molar-refractivity contribution is 0.163. The maximum Gasteiger partial charge on any atom is 0.198 e. The van der Waals surface area contributed by atoms with E-state index in [1.54, 1.807) is 6.07 Å². The zero-order valence-electron chi connectivity index (χ0n) is 8.79. The normalized spacial score (nSPS) is 12.7. The quantitative estimate of drug-likeness (QED) is 0.563. The zero-order chi connectivity index (χ0) is 11.1. The molecule has 0 fully saturated rings. The molecule has 1 aromatic heterocycles. The molecule has 1 aromatic rings. The molecule has 0 aliphatic heterocycles. The topological polar surface area (TPSA) is 33.4 Å². The molecule has 0 saturated heterocycles. The van der Waals surface area contributed by atoms with Crippen LogP contribution in [0.5, 0.6) is 0 Å². The maximum absolute atomic E-state index is 9.78. The van der Waals surface area contributed by atoms with E-state index in [0.717, 1.165) is 32.1 Å². The molecule has 0 bridgehead atoms. The van der Waals surface area contributed by atoms with Gasteiger partial charge in [-0.2, -0.15) is 0 Å². The molecular weight excluding hydrogens is 212 g/mol. The SMILES string of the molecule is C=CCCCCCC(O)c1ccoc1Cl. The highest BCUT2D eigenvalue weighted by Crippen LogP contribution is 2.27. The van der Waals surface area contributed by atoms with Crippen molar-refractivity contribution in [3.63, 3.8) is 0 Å². The van der Waals surface area contributed by atoms with Gasteiger partial charge in [0, 0.05) is 5.56 Å². The summed E-state index contributed by atoms with van der Waals surface area (Å²) in [6.07, 6.45) is 7.94. The van der Waals surface area contributed by atoms with Gasteiger partial charge in [-0.25, -0.2) is 0 Å². The lowest BCUT2D eigenvalue weighted by atomic mass is 10.1. The average Bonchev–Trinajstić information content (AvgIpc) is 2.64. The van der Waals surface area contributed by atoms with Crippen molar-refractivity contribution in [2.24, 2.45) is 0 Å². The first-order valence-corrected chi connectivity index (χ1v) is 5.65. The molecule has 15 heavy (non-hydrogen) atoms. The third-order valence-electron chi connectivity index (χ3n) is 2.39. The molecule has 1 atom stereocenters. The fourth-order valence-corrected chi connectivity index (χ4v) is 1.74. The average molecular weight is 229 g/mol. The number of unbranched alkanes of at least 4 members (excludes halogenated alkanes) is 3. The number of halogens is 1. The Labute approximate surface area is 95.6 Å². The van der Waals surface area contributed by atoms with Crippen LogP contribution in [0.25, 0.3) is 0 Å². The van der Waals surface area contributed by atoms with Crippen LogP contribution in [-0.4, -0.2) is 5.11 Å². The highest BCUT2D eigenvalue weighted by atomic mass is 35.5. The smallest absolute Gasteiger partial charge is 0.198 e. The van der Waals surface area contributed by atoms with Crippen molar-refractivity contribution in [2.75, 3.05) is 0 Å². The van der Waals surface area contributed by atoms with Gasteiger partial charge in [0.2, 0.25) is 0 Å². The minimum absolute atomic E-state index is 0.300. The van der Waals surface area contributed by atoms with E-state index in [-0.39, 0.29) is 0 Å². The number of aliphatic hydroxyl groups is 1. The van der Waals surface area contributed by atoms with Crippen molar-refractivity contribution < 1.29 is 9.52 Å². The van der Waals surface area contributed by atoms with Crippen LogP contribution in [0, 0.1) is 0 Å². The summed E-state index contributed by atoms with van der Waals surface area (Å²) in [6.45, 7) is 3.67. The summed E-state index contributed by atoms with van der Waals surface area (Å²) < 4.78 is 4.92. The summed E-state index contributed by atoms with van der Waals surface area (Å²) in [6, 6.07) is 1.72. The lowest BCUT2D eigenvalue weighted by Crippen LogP contribution is -1.96. The Kier molecular flexibility index (Phi) is 5.51. The van der Waals surface area contributed by atoms with Crippen LogP contribution in [0.15, 0.2) is 29.4 Å². The molecule has 0 saturated carbocycles. The number of furan rings is 1. The number of hydrogen-bond donors (Lipinski definition) is 1. The van der Waals surface area contributed by atoms with Gasteiger partial charge in [-0.05, 0) is 36.9 Å². The molecule has 0 aliphatic carbocycles. The summed E-state index contributed by atoms with van der Waals surface area (Å²) in [5, 5.41) is 10.1. The Balaban J connectivity index is 2.22. The van der Waals surface area contributed by atoms with Crippen LogP contribution < -0.4 is 0 Å². The summed E-state index contributed by atoms with van der Waals surface area (Å²) in [5.41, 5.74) is 0.695. The first kappa shape index (κ1) is 12.3. The van der Waals surface area contributed by atoms with Crippen molar-refractivity contribution in [1.29, 1.82) is 0 Å². The maximum atomic E-state index is 9.78. The van der Waals surface area contributed by atoms with Crippen molar-refractivity contribution >= 4 is 11.6 Å². The van der Waals surface area contributed by atoms with Gasteiger partial charge in [-0.1, -0.05) is 18.9 Å². The summed E-state index contributed by atoms with van der Waals surface area (Å²) >= 11 is 5.76. The summed E-state index contributed by atoms with van der Waals surface area (Å²) in [4.78, 5) is 0. The van der Waals surface area contributed by atoms with Crippen LogP contribution in [0.3, 0.4) is 0 Å². The predicted octanol–water partition coefficient (Wildman–Crippen LogP) is 4.10. The monoisotopic (exact) mass is 228 g/mol. The minimum atomic E-state index is -0.500. The van der Waals surface area contributed by atoms with Crippen LogP contribution in [0.4, 0.5) is 0 Å². The Hall–Kier alpha value is -0.730. The molecule has 3 heteroatoms. The number of hydrogen-bond acceptors (Lipinski definition) is 2. The van der Waals surface area contributed by atoms with E-state index in [1.807, 2.05) is 6.08 Å². The van der Waals surface area contributed by atoms with E-state index < -0.39 is 6.10 Å². The number of aliphatic hydroxyl groups excluding tert-OH is 1. The van der Waals surface area contributed by atoms with Gasteiger partial charge in [0.1, 0.15) is 0 Å². The second-order valence-corrected chi connectivity index (χ2v) is 3.94. The minimum Gasteiger partial charge on any atom is -0.453 e. The first-order valence-electron chi connectivity index (χ1n) is 5.27. The molecule has 1 heterocycles. The van der Waals surface area contributed by atoms with E-state index in [2.05, 4.69) is 6.58 Å². The van der Waals surface area contributed by atoms with Crippen LogP contribution >= 0.6 is 11.6 Å². The van der Waals surface area contributed by atoms with Crippen molar-refractivity contribution in [3.8, 4) is 0 Å². The van der Waals surface area contributed by atoms with Gasteiger partial charge in [0.25, 0.3) is 0 Å². The molecule has 1 unspecified atom stereocenters. The Morgan fingerprint density at radius 1 is 1.47 bits per heavy atom. The molecule has 0 aromatic carbocycles. The highest BCUT2D eigenvalue weighted by molar-refractivity contribution is 6.29. The third-order valence-corrected chi connectivity index (χ3v) is 2.70. The molecule has 0 aliphatic rings. The van der Waals surface area contributed by atoms with Crippen LogP contribution in [0.2, 0.25) is 5.22 Å². The molecule has 1 N–H and O–H groups in total. The predicted molar refractivity (Wildman–Crippen MR) is 62.0 cm³/mol. The van der Waals surface area contributed by atoms with Gasteiger partial charge in [0.05, 0.1) is 12.4 Å². The van der Waals surface area contributed by atoms with E-state index in [4.69, 9.17) is 16.0 Å². The zero-order valence-corrected chi connectivity index (χ0v) is 9.54. The van der Waals surface area contributed by atoms with Crippen molar-refractivity contribution in [3.05, 3.63) is 35.8 Å². The first-order chi connectivity index (χ1) is 7.25. The molecule has 0 radical (unpaired) electrons. The second kappa shape index (κ2) is 6.70. The van der Waals surface area contributed by atoms with Gasteiger partial charge in [-0.3, -0.25) is 0 Å². The largest absolute Gasteiger partial charge is 0.453 e. The van der Waals surface area contributed by atoms with Gasteiger partial charge in [0.15, 0.2) is 5.22 Å². The van der Waals surface area contributed by atoms with Gasteiger partial charge >= 0.3 is 0 Å². The van der Waals surface area contributed by atoms with E-state index >= 15 is 0 Å². The highest BCUT2D eigenvalue weighted by Gasteiger charge is 2.13. The van der Waals surface area contributed by atoms with Crippen LogP contribution in [0.1, 0.15) is 43.8 Å². The third kappa shape index (κ3) is 4.10. The lowest BCUT2D eigenvalue weighted by Gasteiger charge is -2.08. The Morgan fingerprint density at radius 2 is 2.27 bits per heavy atom. The molecule has 0 amide bonds. The standard InChI is InChI=1S/C12H17ClO2/c1-2-3-4-5-6-7-11(14)10-8-9-15-12(10)13/h2,8-9,11,14H,1,3-7H2. The van der Waals surface area contributed by atoms with Crippen molar-refractivity contribution in [2.45, 2.75) is 38.2 Å². The van der Waals surface area contributed by atoms with Gasteiger partial charge < -0.3 is 9.52 Å². The van der Waals surface area contributed by atoms with E-state index in [9.17, 15) is 5.11 Å². The van der Waals surface area contributed by atoms with E-state index in [1.165, 1.54) is 6.26 Å². The molecule has 1 rings (SSSR count). The summed E-state index contributed by atoms with van der Waals surface area (Å²) in [5.74, 6) is 0. The Bertz CT molecular complexity index is 294. The molecular formula is C12H17ClO2. The van der Waals surface area contributed by atoms with Gasteiger partial charge in [-0.15, -0.1) is 6.58 Å². The molecule has 84 valence electrons. The Morgan fingerprint density at radius 3 is 2.87 bits per heavy atom. The fourth-order valence-electron chi connectivity index (χ4n) is 1.50.